The lowest BCUT2D eigenvalue weighted by atomic mass is 9.92. The quantitative estimate of drug-likeness (QED) is 0.623. The van der Waals surface area contributed by atoms with E-state index >= 15 is 0 Å². The maximum absolute atomic E-state index is 10.8. The van der Waals surface area contributed by atoms with E-state index < -0.39 is 5.97 Å². The highest BCUT2D eigenvalue weighted by Crippen LogP contribution is 2.36. The van der Waals surface area contributed by atoms with Crippen molar-refractivity contribution in [1.29, 1.82) is 0 Å². The van der Waals surface area contributed by atoms with Gasteiger partial charge in [-0.15, -0.1) is 0 Å². The molecule has 6 heteroatoms. The summed E-state index contributed by atoms with van der Waals surface area (Å²) in [7, 11) is 0. The zero-order valence-electron chi connectivity index (χ0n) is 13.2. The van der Waals surface area contributed by atoms with Gasteiger partial charge in [0.25, 0.3) is 0 Å². The van der Waals surface area contributed by atoms with Crippen LogP contribution < -0.4 is 0 Å². The Morgan fingerprint density at radius 2 is 1.73 bits per heavy atom. The number of thioether (sulfide) groups is 4. The Labute approximate surface area is 152 Å². The van der Waals surface area contributed by atoms with Crippen LogP contribution in [-0.4, -0.2) is 56.1 Å². The molecule has 0 aromatic heterocycles. The fourth-order valence-electron chi connectivity index (χ4n) is 3.12. The molecule has 0 aromatic rings. The molecule has 0 radical (unpaired) electrons. The van der Waals surface area contributed by atoms with Gasteiger partial charge in [-0.2, -0.15) is 47.0 Å². The van der Waals surface area contributed by atoms with Crippen LogP contribution in [0.5, 0.6) is 0 Å². The predicted octanol–water partition coefficient (Wildman–Crippen LogP) is 4.73. The SMILES string of the molecule is O=C(O)CCCC(CCC[C@H]1CSCCS1)[C@H]1CSCCS1. The van der Waals surface area contributed by atoms with Gasteiger partial charge in [-0.3, -0.25) is 4.79 Å². The van der Waals surface area contributed by atoms with Crippen molar-refractivity contribution < 1.29 is 9.90 Å². The molecule has 2 aliphatic rings. The van der Waals surface area contributed by atoms with E-state index in [9.17, 15) is 4.79 Å². The van der Waals surface area contributed by atoms with Crippen LogP contribution in [0.15, 0.2) is 0 Å². The maximum atomic E-state index is 10.8. The topological polar surface area (TPSA) is 37.3 Å². The second-order valence-electron chi connectivity index (χ2n) is 6.03. The zero-order valence-corrected chi connectivity index (χ0v) is 16.5. The molecule has 2 fully saturated rings. The van der Waals surface area contributed by atoms with Crippen molar-refractivity contribution in [3.05, 3.63) is 0 Å². The molecule has 1 N–H and O–H groups in total. The van der Waals surface area contributed by atoms with Crippen molar-refractivity contribution in [2.24, 2.45) is 5.92 Å². The average molecular weight is 381 g/mol. The molecular formula is C16H28O2S4. The monoisotopic (exact) mass is 380 g/mol. The lowest BCUT2D eigenvalue weighted by Crippen LogP contribution is -2.25. The Balaban J connectivity index is 1.71. The van der Waals surface area contributed by atoms with Gasteiger partial charge in [-0.1, -0.05) is 6.42 Å². The molecule has 128 valence electrons. The van der Waals surface area contributed by atoms with E-state index in [1.165, 1.54) is 53.8 Å². The molecule has 2 nitrogen and oxygen atoms in total. The molecule has 3 atom stereocenters. The fourth-order valence-corrected chi connectivity index (χ4v) is 8.96. The highest BCUT2D eigenvalue weighted by atomic mass is 32.2. The fraction of sp³-hybridized carbons (Fsp3) is 0.938. The van der Waals surface area contributed by atoms with Gasteiger partial charge >= 0.3 is 5.97 Å². The van der Waals surface area contributed by atoms with Crippen molar-refractivity contribution in [3.63, 3.8) is 0 Å². The number of aliphatic carboxylic acids is 1. The first-order chi connectivity index (χ1) is 10.8. The molecule has 0 amide bonds. The second kappa shape index (κ2) is 11.4. The number of carboxylic acid groups (broad SMARTS) is 1. The molecule has 0 aromatic carbocycles. The van der Waals surface area contributed by atoms with Crippen LogP contribution in [0.4, 0.5) is 0 Å². The van der Waals surface area contributed by atoms with Crippen LogP contribution in [0.3, 0.4) is 0 Å². The van der Waals surface area contributed by atoms with E-state index in [4.69, 9.17) is 5.11 Å². The second-order valence-corrected chi connectivity index (χ2v) is 11.1. The zero-order chi connectivity index (χ0) is 15.6. The Kier molecular flexibility index (Phi) is 9.97. The number of carboxylic acids is 1. The van der Waals surface area contributed by atoms with E-state index in [-0.39, 0.29) is 0 Å². The highest BCUT2D eigenvalue weighted by molar-refractivity contribution is 8.07. The number of carbonyl (C=O) groups is 1. The summed E-state index contributed by atoms with van der Waals surface area (Å²) in [5.74, 6) is 7.93. The lowest BCUT2D eigenvalue weighted by molar-refractivity contribution is -0.137. The molecule has 0 aliphatic carbocycles. The Hall–Kier alpha value is 0.870. The third kappa shape index (κ3) is 7.63. The van der Waals surface area contributed by atoms with E-state index in [2.05, 4.69) is 47.0 Å². The maximum Gasteiger partial charge on any atom is 0.303 e. The first-order valence-corrected chi connectivity index (χ1v) is 12.8. The van der Waals surface area contributed by atoms with Gasteiger partial charge in [-0.25, -0.2) is 0 Å². The summed E-state index contributed by atoms with van der Waals surface area (Å²) >= 11 is 8.50. The van der Waals surface area contributed by atoms with Gasteiger partial charge in [0.2, 0.25) is 0 Å². The van der Waals surface area contributed by atoms with Gasteiger partial charge in [0.15, 0.2) is 0 Å². The van der Waals surface area contributed by atoms with Gasteiger partial charge in [-0.05, 0) is 31.6 Å². The summed E-state index contributed by atoms with van der Waals surface area (Å²) in [5.41, 5.74) is 0. The van der Waals surface area contributed by atoms with Gasteiger partial charge in [0.05, 0.1) is 0 Å². The van der Waals surface area contributed by atoms with Crippen molar-refractivity contribution in [2.45, 2.75) is 49.0 Å². The summed E-state index contributed by atoms with van der Waals surface area (Å²) < 4.78 is 0. The molecule has 0 bridgehead atoms. The van der Waals surface area contributed by atoms with Crippen molar-refractivity contribution in [1.82, 2.24) is 0 Å². The van der Waals surface area contributed by atoms with Gasteiger partial charge in [0, 0.05) is 51.4 Å². The first kappa shape index (κ1) is 19.2. The standard InChI is InChI=1S/C16H28O2S4/c17-16(18)6-2-4-13(15-12-20-8-10-22-15)3-1-5-14-11-19-7-9-21-14/h13-15H,1-12H2,(H,17,18)/t13?,14-,15+/m0/s1. The molecule has 0 spiro atoms. The van der Waals surface area contributed by atoms with Gasteiger partial charge in [0.1, 0.15) is 0 Å². The minimum Gasteiger partial charge on any atom is -0.481 e. The average Bonchev–Trinajstić information content (AvgIpc) is 2.55. The van der Waals surface area contributed by atoms with E-state index in [0.717, 1.165) is 29.3 Å². The van der Waals surface area contributed by atoms with Crippen LogP contribution in [0, 0.1) is 5.92 Å². The number of hydrogen-bond acceptors (Lipinski definition) is 5. The van der Waals surface area contributed by atoms with Crippen LogP contribution in [0.25, 0.3) is 0 Å². The molecule has 2 heterocycles. The molecule has 2 rings (SSSR count). The van der Waals surface area contributed by atoms with E-state index in [0.29, 0.717) is 6.42 Å². The first-order valence-electron chi connectivity index (χ1n) is 8.36. The predicted molar refractivity (Wildman–Crippen MR) is 106 cm³/mol. The highest BCUT2D eigenvalue weighted by Gasteiger charge is 2.25. The number of hydrogen-bond donors (Lipinski definition) is 1. The summed E-state index contributed by atoms with van der Waals surface area (Å²) in [4.78, 5) is 10.8. The lowest BCUT2D eigenvalue weighted by Gasteiger charge is -2.30. The Morgan fingerprint density at radius 1 is 1.00 bits per heavy atom. The van der Waals surface area contributed by atoms with Crippen molar-refractivity contribution in [3.8, 4) is 0 Å². The van der Waals surface area contributed by atoms with Crippen LogP contribution in [-0.2, 0) is 4.79 Å². The normalized spacial score (nSPS) is 27.5. The van der Waals surface area contributed by atoms with Crippen LogP contribution in [0.2, 0.25) is 0 Å². The summed E-state index contributed by atoms with van der Waals surface area (Å²) in [5, 5.41) is 10.5. The minimum atomic E-state index is -0.639. The molecular weight excluding hydrogens is 352 g/mol. The molecule has 2 aliphatic heterocycles. The smallest absolute Gasteiger partial charge is 0.303 e. The third-order valence-electron chi connectivity index (χ3n) is 4.32. The summed E-state index contributed by atoms with van der Waals surface area (Å²) in [6.07, 6.45) is 6.30. The Morgan fingerprint density at radius 3 is 2.36 bits per heavy atom. The summed E-state index contributed by atoms with van der Waals surface area (Å²) in [6, 6.07) is 0. The minimum absolute atomic E-state index is 0.343. The number of rotatable bonds is 9. The van der Waals surface area contributed by atoms with Crippen LogP contribution >= 0.6 is 47.0 Å². The summed E-state index contributed by atoms with van der Waals surface area (Å²) in [6.45, 7) is 0. The van der Waals surface area contributed by atoms with E-state index in [1.807, 2.05) is 0 Å². The molecule has 2 saturated heterocycles. The Bertz CT molecular complexity index is 315. The molecule has 0 saturated carbocycles. The molecule has 22 heavy (non-hydrogen) atoms. The van der Waals surface area contributed by atoms with Crippen molar-refractivity contribution in [2.75, 3.05) is 34.5 Å². The van der Waals surface area contributed by atoms with E-state index in [1.54, 1.807) is 0 Å². The van der Waals surface area contributed by atoms with Crippen LogP contribution in [0.1, 0.15) is 38.5 Å². The van der Waals surface area contributed by atoms with Crippen molar-refractivity contribution >= 4 is 53.0 Å². The largest absolute Gasteiger partial charge is 0.481 e. The third-order valence-corrected chi connectivity index (χ3v) is 10.2. The molecule has 1 unspecified atom stereocenters. The van der Waals surface area contributed by atoms with Gasteiger partial charge < -0.3 is 5.11 Å².